The van der Waals surface area contributed by atoms with Gasteiger partial charge < -0.3 is 0 Å². The van der Waals surface area contributed by atoms with Crippen molar-refractivity contribution >= 4 is 36.4 Å². The number of fused-ring (bicyclic) bond motifs is 3. The fraction of sp³-hybridized carbons (Fsp3) is 0.174. The van der Waals surface area contributed by atoms with Crippen molar-refractivity contribution in [3.63, 3.8) is 0 Å². The Hall–Kier alpha value is -2.45. The van der Waals surface area contributed by atoms with Gasteiger partial charge in [0.1, 0.15) is 0 Å². The molecular weight excluding hydrogens is 324 g/mol. The monoisotopic (exact) mass is 345 g/mol. The molecule has 3 aromatic carbocycles. The van der Waals surface area contributed by atoms with Gasteiger partial charge in [0, 0.05) is 33.2 Å². The van der Waals surface area contributed by atoms with E-state index in [-0.39, 0.29) is 16.3 Å². The second kappa shape index (κ2) is 6.45. The molecule has 4 rings (SSSR count). The first-order chi connectivity index (χ1) is 12.2. The van der Waals surface area contributed by atoms with Crippen LogP contribution in [0.25, 0.3) is 25.1 Å². The van der Waals surface area contributed by atoms with E-state index >= 15 is 0 Å². The maximum absolute atomic E-state index is 12.3. The summed E-state index contributed by atoms with van der Waals surface area (Å²) in [7, 11) is -0.0854. The number of Topliss-reactive ketones (excluding diaryl/α,β-unsaturated/α-hetero) is 1. The summed E-state index contributed by atoms with van der Waals surface area (Å²) < 4.78 is 2.69. The molecule has 1 unspecified atom stereocenters. The molecule has 25 heavy (non-hydrogen) atoms. The molecular formula is C23H21OS+. The second-order valence-corrected chi connectivity index (χ2v) is 8.46. The van der Waals surface area contributed by atoms with Gasteiger partial charge in [-0.1, -0.05) is 36.8 Å². The molecule has 0 saturated carbocycles. The number of hydrogen-bond acceptors (Lipinski definition) is 1. The van der Waals surface area contributed by atoms with Gasteiger partial charge in [-0.25, -0.2) is 0 Å². The summed E-state index contributed by atoms with van der Waals surface area (Å²) in [5, 5.41) is 2.49. The van der Waals surface area contributed by atoms with Gasteiger partial charge in [-0.05, 0) is 55.8 Å². The molecule has 1 aromatic heterocycles. The van der Waals surface area contributed by atoms with Crippen LogP contribution in [0.3, 0.4) is 0 Å². The largest absolute Gasteiger partial charge is 0.294 e. The Balaban J connectivity index is 2.01. The number of carbonyl (C=O) groups excluding carboxylic acids is 1. The van der Waals surface area contributed by atoms with Crippen molar-refractivity contribution in [3.8, 4) is 4.90 Å². The van der Waals surface area contributed by atoms with E-state index in [9.17, 15) is 4.79 Å². The average Bonchev–Trinajstić information content (AvgIpc) is 2.96. The van der Waals surface area contributed by atoms with E-state index in [1.165, 1.54) is 30.6 Å². The van der Waals surface area contributed by atoms with Crippen LogP contribution in [0.1, 0.15) is 35.7 Å². The van der Waals surface area contributed by atoms with Crippen molar-refractivity contribution in [3.05, 3.63) is 77.9 Å². The van der Waals surface area contributed by atoms with Crippen molar-refractivity contribution in [2.24, 2.45) is 0 Å². The van der Waals surface area contributed by atoms with E-state index in [2.05, 4.69) is 74.5 Å². The van der Waals surface area contributed by atoms with Crippen molar-refractivity contribution in [1.82, 2.24) is 0 Å². The minimum atomic E-state index is -0.0854. The van der Waals surface area contributed by atoms with Crippen LogP contribution in [0.5, 0.6) is 0 Å². The van der Waals surface area contributed by atoms with Crippen LogP contribution in [0.4, 0.5) is 0 Å². The van der Waals surface area contributed by atoms with Gasteiger partial charge in [-0.3, -0.25) is 4.79 Å². The molecule has 2 heteroatoms. The predicted octanol–water partition coefficient (Wildman–Crippen LogP) is 7.02. The zero-order valence-corrected chi connectivity index (χ0v) is 15.4. The van der Waals surface area contributed by atoms with Gasteiger partial charge in [0.05, 0.1) is 0 Å². The molecule has 0 radical (unpaired) electrons. The first kappa shape index (κ1) is 16.0. The predicted molar refractivity (Wildman–Crippen MR) is 109 cm³/mol. The lowest BCUT2D eigenvalue weighted by atomic mass is 10.0. The molecule has 4 aromatic rings. The van der Waals surface area contributed by atoms with Gasteiger partial charge >= 0.3 is 0 Å². The molecule has 1 atom stereocenters. The van der Waals surface area contributed by atoms with Crippen molar-refractivity contribution in [1.29, 1.82) is 0 Å². The highest BCUT2D eigenvalue weighted by Gasteiger charge is 2.24. The van der Waals surface area contributed by atoms with Gasteiger partial charge in [-0.2, -0.15) is 0 Å². The Morgan fingerprint density at radius 1 is 0.880 bits per heavy atom. The lowest BCUT2D eigenvalue weighted by molar-refractivity contribution is 0.0982. The summed E-state index contributed by atoms with van der Waals surface area (Å²) in [6.07, 6.45) is 1.50. The van der Waals surface area contributed by atoms with E-state index in [0.717, 1.165) is 12.0 Å². The summed E-state index contributed by atoms with van der Waals surface area (Å²) >= 11 is 0. The van der Waals surface area contributed by atoms with Crippen molar-refractivity contribution in [2.45, 2.75) is 26.7 Å². The molecule has 0 aliphatic carbocycles. The van der Waals surface area contributed by atoms with Crippen molar-refractivity contribution in [2.75, 3.05) is 0 Å². The Morgan fingerprint density at radius 3 is 2.36 bits per heavy atom. The third-order valence-electron chi connectivity index (χ3n) is 4.65. The lowest BCUT2D eigenvalue weighted by Crippen LogP contribution is -1.97. The molecule has 0 bridgehead atoms. The van der Waals surface area contributed by atoms with E-state index in [1.807, 2.05) is 6.07 Å². The van der Waals surface area contributed by atoms with E-state index in [1.54, 1.807) is 0 Å². The number of benzene rings is 3. The van der Waals surface area contributed by atoms with Crippen LogP contribution < -0.4 is 0 Å². The molecule has 0 saturated heterocycles. The zero-order chi connectivity index (χ0) is 17.4. The molecule has 0 spiro atoms. The Labute approximate surface area is 150 Å². The number of ketones is 1. The summed E-state index contributed by atoms with van der Waals surface area (Å²) in [6, 6.07) is 23.7. The van der Waals surface area contributed by atoms with Crippen LogP contribution in [-0.2, 0) is 0 Å². The van der Waals surface area contributed by atoms with Crippen LogP contribution >= 0.6 is 10.5 Å². The molecule has 1 heterocycles. The van der Waals surface area contributed by atoms with E-state index in [4.69, 9.17) is 0 Å². The first-order valence-electron chi connectivity index (χ1n) is 8.76. The Kier molecular flexibility index (Phi) is 4.14. The maximum Gasteiger partial charge on any atom is 0.187 e. The van der Waals surface area contributed by atoms with Gasteiger partial charge in [0.25, 0.3) is 0 Å². The highest BCUT2D eigenvalue weighted by molar-refractivity contribution is 7.50. The summed E-state index contributed by atoms with van der Waals surface area (Å²) in [4.78, 5) is 13.7. The Bertz CT molecular complexity index is 1070. The van der Waals surface area contributed by atoms with E-state index in [0.29, 0.717) is 6.42 Å². The summed E-state index contributed by atoms with van der Waals surface area (Å²) in [5.74, 6) is 0.241. The summed E-state index contributed by atoms with van der Waals surface area (Å²) in [5.41, 5.74) is 2.12. The van der Waals surface area contributed by atoms with Crippen LogP contribution in [-0.4, -0.2) is 5.78 Å². The Morgan fingerprint density at radius 2 is 1.60 bits per heavy atom. The topological polar surface area (TPSA) is 17.1 Å². The molecule has 0 aliphatic heterocycles. The molecule has 124 valence electrons. The van der Waals surface area contributed by atoms with Crippen LogP contribution in [0.15, 0.2) is 66.7 Å². The number of rotatable bonds is 4. The minimum Gasteiger partial charge on any atom is -0.294 e. The third kappa shape index (κ3) is 2.77. The van der Waals surface area contributed by atoms with Crippen molar-refractivity contribution < 1.29 is 4.79 Å². The normalized spacial score (nSPS) is 12.0. The highest BCUT2D eigenvalue weighted by atomic mass is 32.2. The molecule has 0 amide bonds. The SMILES string of the molecule is CCCC(=O)c1ccc2c(c1)c1ccccc1[s+]2-c1ccc(C)cc1. The molecule has 1 nitrogen and oxygen atoms in total. The fourth-order valence-corrected chi connectivity index (χ4v) is 5.74. The molecule has 0 aliphatic rings. The van der Waals surface area contributed by atoms with Gasteiger partial charge in [-0.15, -0.1) is 0 Å². The average molecular weight is 345 g/mol. The standard InChI is InChI=1S/C23H21OS/c1-3-6-21(24)17-11-14-23-20(15-17)19-7-4-5-8-22(19)25(23)18-12-9-16(2)10-13-18/h4-5,7-15H,3,6H2,1-2H3/q+1. The number of carbonyl (C=O) groups is 1. The fourth-order valence-electron chi connectivity index (χ4n) is 3.38. The number of thiophene rings is 1. The first-order valence-corrected chi connectivity index (χ1v) is 9.99. The molecule has 0 N–H and O–H groups in total. The van der Waals surface area contributed by atoms with E-state index < -0.39 is 0 Å². The second-order valence-electron chi connectivity index (χ2n) is 6.50. The van der Waals surface area contributed by atoms with Gasteiger partial charge in [0.15, 0.2) is 20.1 Å². The van der Waals surface area contributed by atoms with Crippen LogP contribution in [0, 0.1) is 6.92 Å². The third-order valence-corrected chi connectivity index (χ3v) is 6.99. The maximum atomic E-state index is 12.3. The number of aryl methyl sites for hydroxylation is 1. The minimum absolute atomic E-state index is 0.0854. The summed E-state index contributed by atoms with van der Waals surface area (Å²) in [6.45, 7) is 4.17. The van der Waals surface area contributed by atoms with Crippen LogP contribution in [0.2, 0.25) is 0 Å². The lowest BCUT2D eigenvalue weighted by Gasteiger charge is -1.99. The quantitative estimate of drug-likeness (QED) is 0.287. The van der Waals surface area contributed by atoms with Gasteiger partial charge in [0.2, 0.25) is 0 Å². The molecule has 0 fully saturated rings. The number of hydrogen-bond donors (Lipinski definition) is 0. The highest BCUT2D eigenvalue weighted by Crippen LogP contribution is 2.48. The smallest absolute Gasteiger partial charge is 0.187 e. The zero-order valence-electron chi connectivity index (χ0n) is 14.6.